The number of benzene rings is 2. The second-order valence-corrected chi connectivity index (χ2v) is 6.14. The Morgan fingerprint density at radius 1 is 1.18 bits per heavy atom. The first-order valence-corrected chi connectivity index (χ1v) is 7.88. The Morgan fingerprint density at radius 2 is 1.95 bits per heavy atom. The third-order valence-electron chi connectivity index (χ3n) is 3.53. The third-order valence-corrected chi connectivity index (χ3v) is 4.40. The minimum atomic E-state index is -0.337. The van der Waals surface area contributed by atoms with Gasteiger partial charge in [-0.05, 0) is 48.5 Å². The maximum absolute atomic E-state index is 12.3. The molecule has 0 saturated carbocycles. The van der Waals surface area contributed by atoms with E-state index in [1.54, 1.807) is 12.1 Å². The molecule has 1 heterocycles. The summed E-state index contributed by atoms with van der Waals surface area (Å²) in [6.45, 7) is 0.757. The van der Waals surface area contributed by atoms with Crippen LogP contribution in [0.4, 0.5) is 5.69 Å². The molecule has 3 rings (SSSR count). The van der Waals surface area contributed by atoms with Crippen molar-refractivity contribution in [3.63, 3.8) is 0 Å². The summed E-state index contributed by atoms with van der Waals surface area (Å²) in [5, 5.41) is 3.89. The van der Waals surface area contributed by atoms with Crippen LogP contribution in [0.2, 0.25) is 10.0 Å². The van der Waals surface area contributed by atoms with Crippen LogP contribution in [0.3, 0.4) is 0 Å². The van der Waals surface area contributed by atoms with Crippen LogP contribution < -0.4 is 10.2 Å². The summed E-state index contributed by atoms with van der Waals surface area (Å²) in [5.41, 5.74) is 2.61. The lowest BCUT2D eigenvalue weighted by Gasteiger charge is -2.20. The average Bonchev–Trinajstić information content (AvgIpc) is 2.91. The SMILES string of the molecule is O=C(NC(=S)N1CCc2ccccc21)c1ccc(Cl)cc1Cl. The van der Waals surface area contributed by atoms with E-state index in [9.17, 15) is 4.79 Å². The molecule has 3 nitrogen and oxygen atoms in total. The minimum Gasteiger partial charge on any atom is -0.318 e. The summed E-state index contributed by atoms with van der Waals surface area (Å²) in [7, 11) is 0. The molecule has 112 valence electrons. The lowest BCUT2D eigenvalue weighted by molar-refractivity contribution is 0.0977. The van der Waals surface area contributed by atoms with Crippen molar-refractivity contribution in [1.29, 1.82) is 0 Å². The third kappa shape index (κ3) is 2.95. The number of amides is 1. The van der Waals surface area contributed by atoms with Crippen molar-refractivity contribution in [2.45, 2.75) is 6.42 Å². The predicted molar refractivity (Wildman–Crippen MR) is 94.0 cm³/mol. The van der Waals surface area contributed by atoms with Gasteiger partial charge < -0.3 is 4.90 Å². The van der Waals surface area contributed by atoms with Crippen molar-refractivity contribution in [3.05, 3.63) is 63.6 Å². The van der Waals surface area contributed by atoms with E-state index in [1.165, 1.54) is 11.6 Å². The number of para-hydroxylation sites is 1. The second kappa shape index (κ2) is 6.24. The van der Waals surface area contributed by atoms with Crippen LogP contribution in [-0.2, 0) is 6.42 Å². The first-order valence-electron chi connectivity index (χ1n) is 6.72. The van der Waals surface area contributed by atoms with E-state index in [4.69, 9.17) is 35.4 Å². The van der Waals surface area contributed by atoms with Gasteiger partial charge in [0, 0.05) is 17.3 Å². The number of hydrogen-bond acceptors (Lipinski definition) is 2. The Hall–Kier alpha value is -1.62. The molecule has 0 radical (unpaired) electrons. The molecule has 0 atom stereocenters. The van der Waals surface area contributed by atoms with Crippen LogP contribution in [0.5, 0.6) is 0 Å². The normalized spacial score (nSPS) is 12.9. The number of fused-ring (bicyclic) bond motifs is 1. The van der Waals surface area contributed by atoms with Gasteiger partial charge in [0.15, 0.2) is 5.11 Å². The Kier molecular flexibility index (Phi) is 4.34. The van der Waals surface area contributed by atoms with Crippen LogP contribution >= 0.6 is 35.4 Å². The molecule has 1 N–H and O–H groups in total. The molecule has 1 aliphatic heterocycles. The van der Waals surface area contributed by atoms with Gasteiger partial charge >= 0.3 is 0 Å². The molecule has 1 amide bonds. The molecule has 0 aliphatic carbocycles. The Labute approximate surface area is 143 Å². The van der Waals surface area contributed by atoms with Gasteiger partial charge in [-0.2, -0.15) is 0 Å². The summed E-state index contributed by atoms with van der Waals surface area (Å²) in [6.07, 6.45) is 0.911. The summed E-state index contributed by atoms with van der Waals surface area (Å²) < 4.78 is 0. The molecule has 0 aromatic heterocycles. The number of nitrogens with one attached hydrogen (secondary N) is 1. The van der Waals surface area contributed by atoms with Crippen LogP contribution in [0, 0.1) is 0 Å². The van der Waals surface area contributed by atoms with E-state index < -0.39 is 0 Å². The molecule has 22 heavy (non-hydrogen) atoms. The maximum atomic E-state index is 12.3. The quantitative estimate of drug-likeness (QED) is 0.786. The zero-order valence-electron chi connectivity index (χ0n) is 11.5. The van der Waals surface area contributed by atoms with Crippen molar-refractivity contribution < 1.29 is 4.79 Å². The van der Waals surface area contributed by atoms with Crippen molar-refractivity contribution in [3.8, 4) is 0 Å². The number of carbonyl (C=O) groups is 1. The fourth-order valence-electron chi connectivity index (χ4n) is 2.45. The standard InChI is InChI=1S/C16H12Cl2N2OS/c17-11-5-6-12(13(18)9-11)15(21)19-16(22)20-8-7-10-3-1-2-4-14(10)20/h1-6,9H,7-8H2,(H,19,21,22). The van der Waals surface area contributed by atoms with Crippen LogP contribution in [0.25, 0.3) is 0 Å². The van der Waals surface area contributed by atoms with E-state index in [-0.39, 0.29) is 5.91 Å². The molecule has 0 fully saturated rings. The molecule has 2 aromatic carbocycles. The highest BCUT2D eigenvalue weighted by molar-refractivity contribution is 7.80. The summed E-state index contributed by atoms with van der Waals surface area (Å²) >= 11 is 17.2. The highest BCUT2D eigenvalue weighted by Crippen LogP contribution is 2.27. The predicted octanol–water partition coefficient (Wildman–Crippen LogP) is 4.07. The zero-order valence-corrected chi connectivity index (χ0v) is 13.8. The van der Waals surface area contributed by atoms with Crippen molar-refractivity contribution in [1.82, 2.24) is 5.32 Å². The number of hydrogen-bond donors (Lipinski definition) is 1. The molecule has 0 unspecified atom stereocenters. The number of halogens is 2. The maximum Gasteiger partial charge on any atom is 0.258 e. The molecule has 2 aromatic rings. The van der Waals surface area contributed by atoms with Gasteiger partial charge in [0.25, 0.3) is 5.91 Å². The van der Waals surface area contributed by atoms with Gasteiger partial charge in [0.05, 0.1) is 10.6 Å². The smallest absolute Gasteiger partial charge is 0.258 e. The second-order valence-electron chi connectivity index (χ2n) is 4.91. The van der Waals surface area contributed by atoms with Crippen LogP contribution in [0.15, 0.2) is 42.5 Å². The monoisotopic (exact) mass is 350 g/mol. The highest BCUT2D eigenvalue weighted by atomic mass is 35.5. The van der Waals surface area contributed by atoms with Crippen molar-refractivity contribution >= 4 is 52.1 Å². The van der Waals surface area contributed by atoms with Gasteiger partial charge in [-0.15, -0.1) is 0 Å². The van der Waals surface area contributed by atoms with Gasteiger partial charge in [-0.1, -0.05) is 41.4 Å². The fourth-order valence-corrected chi connectivity index (χ4v) is 3.23. The molecular formula is C16H12Cl2N2OS. The molecule has 0 bridgehead atoms. The topological polar surface area (TPSA) is 32.3 Å². The van der Waals surface area contributed by atoms with E-state index >= 15 is 0 Å². The lowest BCUT2D eigenvalue weighted by Crippen LogP contribution is -2.42. The van der Waals surface area contributed by atoms with Crippen molar-refractivity contribution in [2.75, 3.05) is 11.4 Å². The number of nitrogens with zero attached hydrogens (tertiary/aromatic N) is 1. The van der Waals surface area contributed by atoms with E-state index in [2.05, 4.69) is 11.4 Å². The summed E-state index contributed by atoms with van der Waals surface area (Å²) in [6, 6.07) is 12.8. The number of thiocarbonyl (C=S) groups is 1. The molecule has 0 saturated heterocycles. The number of carbonyl (C=O) groups excluding carboxylic acids is 1. The number of anilines is 1. The fraction of sp³-hybridized carbons (Fsp3) is 0.125. The Morgan fingerprint density at radius 3 is 2.73 bits per heavy atom. The molecule has 6 heteroatoms. The van der Waals surface area contributed by atoms with Crippen molar-refractivity contribution in [2.24, 2.45) is 0 Å². The van der Waals surface area contributed by atoms with Gasteiger partial charge in [0.2, 0.25) is 0 Å². The van der Waals surface area contributed by atoms with Gasteiger partial charge in [-0.25, -0.2) is 0 Å². The van der Waals surface area contributed by atoms with Crippen LogP contribution in [-0.4, -0.2) is 17.6 Å². The molecule has 1 aliphatic rings. The van der Waals surface area contributed by atoms with E-state index in [0.717, 1.165) is 18.7 Å². The largest absolute Gasteiger partial charge is 0.318 e. The van der Waals surface area contributed by atoms with Gasteiger partial charge in [-0.3, -0.25) is 10.1 Å². The first-order chi connectivity index (χ1) is 10.6. The van der Waals surface area contributed by atoms with Crippen LogP contribution in [0.1, 0.15) is 15.9 Å². The minimum absolute atomic E-state index is 0.301. The highest BCUT2D eigenvalue weighted by Gasteiger charge is 2.23. The average molecular weight is 351 g/mol. The summed E-state index contributed by atoms with van der Waals surface area (Å²) in [4.78, 5) is 14.2. The number of rotatable bonds is 1. The molecular weight excluding hydrogens is 339 g/mol. The lowest BCUT2D eigenvalue weighted by atomic mass is 10.2. The Bertz CT molecular complexity index is 764. The molecule has 0 spiro atoms. The summed E-state index contributed by atoms with van der Waals surface area (Å²) in [5.74, 6) is -0.337. The van der Waals surface area contributed by atoms with E-state index in [0.29, 0.717) is 20.7 Å². The van der Waals surface area contributed by atoms with Gasteiger partial charge in [0.1, 0.15) is 0 Å². The Balaban J connectivity index is 1.76. The first kappa shape index (κ1) is 15.3. The van der Waals surface area contributed by atoms with E-state index in [1.807, 2.05) is 23.1 Å². The zero-order chi connectivity index (χ0) is 15.7.